The highest BCUT2D eigenvalue weighted by Gasteiger charge is 2.21. The van der Waals surface area contributed by atoms with Gasteiger partial charge in [-0.1, -0.05) is 0 Å². The van der Waals surface area contributed by atoms with Gasteiger partial charge in [-0.3, -0.25) is 14.5 Å². The van der Waals surface area contributed by atoms with Crippen LogP contribution in [0.4, 0.5) is 0 Å². The predicted molar refractivity (Wildman–Crippen MR) is 123 cm³/mol. The van der Waals surface area contributed by atoms with Crippen molar-refractivity contribution in [1.82, 2.24) is 10.2 Å². The minimum atomic E-state index is 0.0685. The summed E-state index contributed by atoms with van der Waals surface area (Å²) >= 11 is 1.52. The molecule has 2 aromatic rings. The molecule has 1 aliphatic rings. The molecule has 1 aromatic heterocycles. The largest absolute Gasteiger partial charge is 0.497 e. The van der Waals surface area contributed by atoms with Crippen molar-refractivity contribution < 1.29 is 19.1 Å². The first kappa shape index (κ1) is 23.3. The summed E-state index contributed by atoms with van der Waals surface area (Å²) in [5.41, 5.74) is 2.14. The van der Waals surface area contributed by atoms with Crippen LogP contribution in [-0.2, 0) is 17.9 Å². The summed E-state index contributed by atoms with van der Waals surface area (Å²) < 4.78 is 10.6. The Morgan fingerprint density at radius 2 is 2.06 bits per heavy atom. The van der Waals surface area contributed by atoms with Crippen LogP contribution in [0.5, 0.6) is 11.5 Å². The minimum Gasteiger partial charge on any atom is -0.497 e. The van der Waals surface area contributed by atoms with E-state index in [1.54, 1.807) is 21.1 Å². The Bertz CT molecular complexity index is 895. The summed E-state index contributed by atoms with van der Waals surface area (Å²) in [6.07, 6.45) is 3.74. The van der Waals surface area contributed by atoms with Crippen molar-refractivity contribution in [2.24, 2.45) is 5.92 Å². The molecule has 1 atom stereocenters. The quantitative estimate of drug-likeness (QED) is 0.554. The Morgan fingerprint density at radius 1 is 1.23 bits per heavy atom. The number of hydrogen-bond acceptors (Lipinski definition) is 6. The normalized spacial score (nSPS) is 16.7. The van der Waals surface area contributed by atoms with E-state index in [0.29, 0.717) is 24.6 Å². The number of piperidine rings is 1. The standard InChI is InChI=1S/C24H32N2O4S/c1-17(27)23-11-19(16-31-23)15-26-10-4-5-18(14-26)6-9-24(28)25-13-20-7-8-21(29-2)12-22(20)30-3/h7-8,11-12,16,18H,4-6,9-10,13-15H2,1-3H3,(H,25,28). The van der Waals surface area contributed by atoms with Crippen molar-refractivity contribution in [2.75, 3.05) is 27.3 Å². The molecule has 1 unspecified atom stereocenters. The number of ketones is 1. The summed E-state index contributed by atoms with van der Waals surface area (Å²) in [6, 6.07) is 7.62. The topological polar surface area (TPSA) is 67.9 Å². The highest BCUT2D eigenvalue weighted by atomic mass is 32.1. The first-order valence-electron chi connectivity index (χ1n) is 10.8. The maximum Gasteiger partial charge on any atom is 0.220 e. The number of ether oxygens (including phenoxy) is 2. The lowest BCUT2D eigenvalue weighted by atomic mass is 9.93. The molecule has 1 aliphatic heterocycles. The molecule has 168 valence electrons. The van der Waals surface area contributed by atoms with Gasteiger partial charge in [0, 0.05) is 37.7 Å². The van der Waals surface area contributed by atoms with Crippen LogP contribution in [0.25, 0.3) is 0 Å². The number of nitrogens with one attached hydrogen (secondary N) is 1. The van der Waals surface area contributed by atoms with Crippen LogP contribution in [0, 0.1) is 5.92 Å². The number of rotatable bonds is 10. The van der Waals surface area contributed by atoms with Crippen LogP contribution in [0.3, 0.4) is 0 Å². The fourth-order valence-electron chi connectivity index (χ4n) is 4.05. The number of likely N-dealkylation sites (tertiary alicyclic amines) is 1. The second kappa shape index (κ2) is 11.3. The zero-order chi connectivity index (χ0) is 22.2. The van der Waals surface area contributed by atoms with Gasteiger partial charge in [0.2, 0.25) is 5.91 Å². The Morgan fingerprint density at radius 3 is 2.77 bits per heavy atom. The molecule has 1 amide bonds. The number of nitrogens with zero attached hydrogens (tertiary/aromatic N) is 1. The van der Waals surface area contributed by atoms with Crippen LogP contribution in [0.15, 0.2) is 29.6 Å². The van der Waals surface area contributed by atoms with Crippen molar-refractivity contribution in [1.29, 1.82) is 0 Å². The highest BCUT2D eigenvalue weighted by Crippen LogP contribution is 2.26. The van der Waals surface area contributed by atoms with Gasteiger partial charge in [-0.2, -0.15) is 0 Å². The third-order valence-electron chi connectivity index (χ3n) is 5.76. The Hall–Kier alpha value is -2.38. The number of carbonyl (C=O) groups is 2. The van der Waals surface area contributed by atoms with E-state index in [1.165, 1.54) is 23.3 Å². The van der Waals surface area contributed by atoms with Gasteiger partial charge in [-0.05, 0) is 67.8 Å². The summed E-state index contributed by atoms with van der Waals surface area (Å²) in [4.78, 5) is 27.2. The van der Waals surface area contributed by atoms with Gasteiger partial charge in [0.25, 0.3) is 0 Å². The smallest absolute Gasteiger partial charge is 0.220 e. The van der Waals surface area contributed by atoms with Gasteiger partial charge in [0.05, 0.1) is 19.1 Å². The molecule has 31 heavy (non-hydrogen) atoms. The molecular formula is C24H32N2O4S. The lowest BCUT2D eigenvalue weighted by molar-refractivity contribution is -0.121. The van der Waals surface area contributed by atoms with Crippen LogP contribution < -0.4 is 14.8 Å². The highest BCUT2D eigenvalue weighted by molar-refractivity contribution is 7.12. The Kier molecular flexibility index (Phi) is 8.49. The Labute approximate surface area is 188 Å². The molecule has 1 fully saturated rings. The molecule has 1 aromatic carbocycles. The number of amides is 1. The summed E-state index contributed by atoms with van der Waals surface area (Å²) in [7, 11) is 3.23. The second-order valence-electron chi connectivity index (χ2n) is 8.11. The van der Waals surface area contributed by atoms with E-state index in [4.69, 9.17) is 9.47 Å². The third kappa shape index (κ3) is 6.80. The number of carbonyl (C=O) groups excluding carboxylic acids is 2. The third-order valence-corrected chi connectivity index (χ3v) is 6.84. The van der Waals surface area contributed by atoms with Gasteiger partial charge >= 0.3 is 0 Å². The number of methoxy groups -OCH3 is 2. The van der Waals surface area contributed by atoms with Crippen molar-refractivity contribution in [3.05, 3.63) is 45.6 Å². The van der Waals surface area contributed by atoms with E-state index < -0.39 is 0 Å². The lowest BCUT2D eigenvalue weighted by Gasteiger charge is -2.32. The molecule has 1 N–H and O–H groups in total. The number of hydrogen-bond donors (Lipinski definition) is 1. The van der Waals surface area contributed by atoms with Crippen LogP contribution in [0.2, 0.25) is 0 Å². The van der Waals surface area contributed by atoms with Crippen molar-refractivity contribution in [3.8, 4) is 11.5 Å². The molecule has 6 nitrogen and oxygen atoms in total. The van der Waals surface area contributed by atoms with Crippen LogP contribution in [0.1, 0.15) is 53.4 Å². The summed E-state index contributed by atoms with van der Waals surface area (Å²) in [5, 5.41) is 5.10. The fourth-order valence-corrected chi connectivity index (χ4v) is 4.85. The molecule has 2 heterocycles. The van der Waals surface area contributed by atoms with Gasteiger partial charge in [0.15, 0.2) is 5.78 Å². The van der Waals surface area contributed by atoms with Crippen molar-refractivity contribution in [3.63, 3.8) is 0 Å². The number of thiophene rings is 1. The van der Waals surface area contributed by atoms with Gasteiger partial charge in [-0.15, -0.1) is 11.3 Å². The maximum atomic E-state index is 12.4. The van der Waals surface area contributed by atoms with E-state index in [0.717, 1.165) is 48.7 Å². The zero-order valence-electron chi connectivity index (χ0n) is 18.6. The van der Waals surface area contributed by atoms with Crippen LogP contribution in [-0.4, -0.2) is 43.9 Å². The summed E-state index contributed by atoms with van der Waals surface area (Å²) in [6.45, 7) is 5.02. The maximum absolute atomic E-state index is 12.4. The fraction of sp³-hybridized carbons (Fsp3) is 0.500. The minimum absolute atomic E-state index is 0.0685. The van der Waals surface area contributed by atoms with Gasteiger partial charge in [0.1, 0.15) is 11.5 Å². The van der Waals surface area contributed by atoms with Crippen molar-refractivity contribution >= 4 is 23.0 Å². The predicted octanol–water partition coefficient (Wildman–Crippen LogP) is 4.28. The summed E-state index contributed by atoms with van der Waals surface area (Å²) in [5.74, 6) is 2.17. The van der Waals surface area contributed by atoms with E-state index in [2.05, 4.69) is 15.6 Å². The molecule has 1 saturated heterocycles. The van der Waals surface area contributed by atoms with E-state index >= 15 is 0 Å². The SMILES string of the molecule is COc1ccc(CNC(=O)CCC2CCCN(Cc3csc(C(C)=O)c3)C2)c(OC)c1. The number of benzene rings is 1. The molecule has 0 spiro atoms. The molecule has 0 bridgehead atoms. The average Bonchev–Trinajstić information content (AvgIpc) is 3.25. The molecule has 0 saturated carbocycles. The first-order valence-corrected chi connectivity index (χ1v) is 11.6. The molecule has 3 rings (SSSR count). The monoisotopic (exact) mass is 444 g/mol. The van der Waals surface area contributed by atoms with Gasteiger partial charge < -0.3 is 14.8 Å². The van der Waals surface area contributed by atoms with Gasteiger partial charge in [-0.25, -0.2) is 0 Å². The zero-order valence-corrected chi connectivity index (χ0v) is 19.4. The van der Waals surface area contributed by atoms with E-state index in [9.17, 15) is 9.59 Å². The Balaban J connectivity index is 1.43. The van der Waals surface area contributed by atoms with Crippen LogP contribution >= 0.6 is 11.3 Å². The number of Topliss-reactive ketones (excluding diaryl/α,β-unsaturated/α-hetero) is 1. The van der Waals surface area contributed by atoms with E-state index in [1.807, 2.05) is 24.3 Å². The lowest BCUT2D eigenvalue weighted by Crippen LogP contribution is -2.35. The molecule has 0 radical (unpaired) electrons. The second-order valence-corrected chi connectivity index (χ2v) is 9.02. The molecule has 0 aliphatic carbocycles. The average molecular weight is 445 g/mol. The van der Waals surface area contributed by atoms with Crippen molar-refractivity contribution in [2.45, 2.75) is 45.7 Å². The van der Waals surface area contributed by atoms with E-state index in [-0.39, 0.29) is 11.7 Å². The first-order chi connectivity index (χ1) is 15.0. The molecule has 7 heteroatoms. The molecular weight excluding hydrogens is 412 g/mol.